The Hall–Kier alpha value is -10.9. The van der Waals surface area contributed by atoms with Gasteiger partial charge in [-0.05, 0) is 156 Å². The molecular weight excluding hydrogens is 1450 g/mol. The second kappa shape index (κ2) is 36.3. The summed E-state index contributed by atoms with van der Waals surface area (Å²) in [6, 6.07) is 21.5. The molecule has 0 unspecified atom stereocenters. The van der Waals surface area contributed by atoms with Crippen LogP contribution in [0.1, 0.15) is 165 Å². The first kappa shape index (κ1) is 87.6. The van der Waals surface area contributed by atoms with Crippen molar-refractivity contribution in [3.05, 3.63) is 150 Å². The Morgan fingerprint density at radius 2 is 0.965 bits per heavy atom. The van der Waals surface area contributed by atoms with Gasteiger partial charge in [-0.1, -0.05) is 150 Å². The van der Waals surface area contributed by atoms with Gasteiger partial charge in [-0.15, -0.1) is 11.7 Å². The Balaban J connectivity index is 1.00. The average molecular weight is 1560 g/mol. The molecule has 0 aliphatic carbocycles. The van der Waals surface area contributed by atoms with Gasteiger partial charge >= 0.3 is 24.1 Å². The Labute approximate surface area is 662 Å². The van der Waals surface area contributed by atoms with E-state index in [1.165, 1.54) is 42.4 Å². The summed E-state index contributed by atoms with van der Waals surface area (Å²) in [5, 5.41) is 37.3. The number of likely N-dealkylation sites (tertiary alicyclic amines) is 2. The molecule has 3 heterocycles. The SMILES string of the molecule is C=CC[C@H]1C[C@@H](C(=O)N[C@@H](Cc2ccc3ccccc3c2)C(=O)N[C@@H](Cc2ccc(OCc3cn([C@H]4C[C@@H](C(=O)N[C@@H](Cc5ccc6ccccc6c5)C(=O)O)N(C(=O)[C@@H](NC(=O)[C@H](C)N(C)C(=O)OC(C)(C)C)C(C)(C)C)C4)nn3)cc2)C(=O)OC(C)(C)C)N(C(=O)[C@@H](NC(=O)[C@H](C)N(C)C(=O)OC(C)(C)C)C(C)(C)C)C1. The minimum absolute atomic E-state index is 0.0412. The van der Waals surface area contributed by atoms with Crippen molar-refractivity contribution in [2.75, 3.05) is 27.2 Å². The number of aromatic nitrogens is 3. The molecule has 610 valence electrons. The van der Waals surface area contributed by atoms with Crippen molar-refractivity contribution >= 4 is 87.0 Å². The topological polar surface area (TPSA) is 349 Å². The molecule has 0 spiro atoms. The molecule has 5 aromatic carbocycles. The predicted octanol–water partition coefficient (Wildman–Crippen LogP) is 9.58. The van der Waals surface area contributed by atoms with E-state index in [0.29, 0.717) is 34.6 Å². The Morgan fingerprint density at radius 3 is 1.42 bits per heavy atom. The van der Waals surface area contributed by atoms with Gasteiger partial charge in [-0.2, -0.15) is 0 Å². The molecule has 0 radical (unpaired) electrons. The van der Waals surface area contributed by atoms with Crippen molar-refractivity contribution in [1.29, 1.82) is 0 Å². The summed E-state index contributed by atoms with van der Waals surface area (Å²) < 4.78 is 24.7. The summed E-state index contributed by atoms with van der Waals surface area (Å²) in [6.45, 7) is 32.7. The number of ether oxygens (including phenoxy) is 4. The van der Waals surface area contributed by atoms with Gasteiger partial charge in [-0.3, -0.25) is 43.4 Å². The molecule has 0 bridgehead atoms. The number of hydrogen-bond donors (Lipinski definition) is 6. The van der Waals surface area contributed by atoms with Gasteiger partial charge < -0.3 is 60.4 Å². The lowest BCUT2D eigenvalue weighted by Crippen LogP contribution is -2.61. The maximum absolute atomic E-state index is 15.2. The van der Waals surface area contributed by atoms with Crippen LogP contribution in [0.3, 0.4) is 0 Å². The number of carboxylic acid groups (broad SMARTS) is 1. The lowest BCUT2D eigenvalue weighted by Gasteiger charge is -2.37. The lowest BCUT2D eigenvalue weighted by atomic mass is 9.85. The zero-order chi connectivity index (χ0) is 83.6. The number of likely N-dealkylation sites (N-methyl/N-ethyl adjacent to an activating group) is 2. The van der Waals surface area contributed by atoms with Gasteiger partial charge in [0.25, 0.3) is 0 Å². The van der Waals surface area contributed by atoms with Crippen molar-refractivity contribution < 1.29 is 76.8 Å². The van der Waals surface area contributed by atoms with E-state index >= 15 is 19.2 Å². The molecular formula is C85H114N12O16. The van der Waals surface area contributed by atoms with E-state index in [-0.39, 0.29) is 57.7 Å². The highest BCUT2D eigenvalue weighted by molar-refractivity contribution is 5.98. The number of nitrogens with zero attached hydrogens (tertiary/aromatic N) is 7. The second-order valence-corrected chi connectivity index (χ2v) is 34.8. The fourth-order valence-corrected chi connectivity index (χ4v) is 13.5. The number of esters is 1. The number of rotatable bonds is 28. The third-order valence-corrected chi connectivity index (χ3v) is 19.9. The molecule has 6 N–H and O–H groups in total. The highest BCUT2D eigenvalue weighted by Crippen LogP contribution is 2.34. The summed E-state index contributed by atoms with van der Waals surface area (Å²) in [4.78, 5) is 162. The van der Waals surface area contributed by atoms with Gasteiger partial charge in [0.05, 0.1) is 12.2 Å². The Kier molecular flexibility index (Phi) is 28.1. The number of amides is 9. The third kappa shape index (κ3) is 24.1. The Morgan fingerprint density at radius 1 is 0.531 bits per heavy atom. The molecule has 2 fully saturated rings. The summed E-state index contributed by atoms with van der Waals surface area (Å²) in [5.74, 6) is -6.51. The number of carbonyl (C=O) groups is 11. The van der Waals surface area contributed by atoms with E-state index in [0.717, 1.165) is 31.3 Å². The first-order chi connectivity index (χ1) is 52.7. The molecule has 9 amide bonds. The Bertz CT molecular complexity index is 4470. The van der Waals surface area contributed by atoms with Crippen LogP contribution in [0.4, 0.5) is 9.59 Å². The summed E-state index contributed by atoms with van der Waals surface area (Å²) >= 11 is 0. The zero-order valence-corrected chi connectivity index (χ0v) is 68.7. The molecule has 2 aliphatic rings. The molecule has 6 aromatic rings. The van der Waals surface area contributed by atoms with Crippen LogP contribution in [0.25, 0.3) is 21.5 Å². The van der Waals surface area contributed by atoms with Crippen LogP contribution in [-0.4, -0.2) is 204 Å². The molecule has 2 saturated heterocycles. The van der Waals surface area contributed by atoms with Crippen molar-refractivity contribution in [2.45, 2.75) is 240 Å². The number of carbonyl (C=O) groups excluding carboxylic acids is 10. The lowest BCUT2D eigenvalue weighted by molar-refractivity contribution is -0.158. The van der Waals surface area contributed by atoms with E-state index in [1.54, 1.807) is 146 Å². The smallest absolute Gasteiger partial charge is 0.410 e. The maximum atomic E-state index is 15.2. The standard InChI is InChI=1S/C85H114N12O16/c1-21-26-55-44-66(95(46-55)75(103)68(81(4,5)6)89-70(98)50(2)93(19)79(108)112-84(13,14)15)73(101)86-63(42-53-31-35-56-27-22-24-29-58(56)39-53)72(100)88-65(78(107)111-83(10,11)12)41-52-33-37-62(38-34-52)110-49-60-47-97(92-91-60)61-45-67(74(102)87-64(77(105)106)43-54-32-36-57-28-23-25-30-59(57)40-54)96(48-61)76(104)69(82(7,8)9)90-71(99)51(3)94(20)80(109)113-85(16,17)18/h21-25,27-40,47,50-51,55,61,63-69H,1,26,41-46,48-49H2,2-20H3,(H,86,101)(H,87,102)(H,88,100)(H,89,98)(H,90,99)(H,105,106)/t50-,51-,55-,61-,63-,64-,65-,66-,67-,68+,69+/m0/s1. The van der Waals surface area contributed by atoms with Crippen LogP contribution in [0, 0.1) is 16.7 Å². The minimum atomic E-state index is -1.41. The molecule has 1 aromatic heterocycles. The molecule has 113 heavy (non-hydrogen) atoms. The first-order valence-corrected chi connectivity index (χ1v) is 38.4. The van der Waals surface area contributed by atoms with E-state index < -0.39 is 154 Å². The number of aliphatic carboxylic acids is 1. The van der Waals surface area contributed by atoms with Crippen LogP contribution in [0.2, 0.25) is 0 Å². The van der Waals surface area contributed by atoms with Gasteiger partial charge in [0.15, 0.2) is 0 Å². The molecule has 28 heteroatoms. The number of carboxylic acids is 1. The normalized spacial score (nSPS) is 17.9. The summed E-state index contributed by atoms with van der Waals surface area (Å²) in [5.41, 5.74) is -2.32. The zero-order valence-electron chi connectivity index (χ0n) is 68.7. The van der Waals surface area contributed by atoms with Crippen LogP contribution in [0.15, 0.2) is 128 Å². The predicted molar refractivity (Wildman–Crippen MR) is 426 cm³/mol. The molecule has 11 atom stereocenters. The van der Waals surface area contributed by atoms with Crippen LogP contribution >= 0.6 is 0 Å². The number of allylic oxidation sites excluding steroid dienone is 1. The fraction of sp³-hybridized carbons (Fsp3) is 0.518. The second-order valence-electron chi connectivity index (χ2n) is 34.8. The largest absolute Gasteiger partial charge is 0.487 e. The van der Waals surface area contributed by atoms with E-state index in [2.05, 4.69) is 43.5 Å². The summed E-state index contributed by atoms with van der Waals surface area (Å²) in [7, 11) is 2.84. The van der Waals surface area contributed by atoms with Gasteiger partial charge in [0.2, 0.25) is 41.4 Å². The molecule has 2 aliphatic heterocycles. The van der Waals surface area contributed by atoms with Crippen molar-refractivity contribution in [3.63, 3.8) is 0 Å². The number of fused-ring (bicyclic) bond motifs is 2. The molecule has 0 saturated carbocycles. The quantitative estimate of drug-likeness (QED) is 0.0151. The summed E-state index contributed by atoms with van der Waals surface area (Å²) in [6.07, 6.45) is 2.22. The van der Waals surface area contributed by atoms with Crippen LogP contribution in [-0.2, 0) is 83.2 Å². The number of nitrogens with one attached hydrogen (secondary N) is 5. The van der Waals surface area contributed by atoms with E-state index in [1.807, 2.05) is 78.9 Å². The number of hydrogen-bond acceptors (Lipinski definition) is 17. The average Bonchev–Trinajstić information content (AvgIpc) is 1.73. The van der Waals surface area contributed by atoms with Gasteiger partial charge in [0, 0.05) is 52.9 Å². The third-order valence-electron chi connectivity index (χ3n) is 19.9. The monoisotopic (exact) mass is 1560 g/mol. The maximum Gasteiger partial charge on any atom is 0.410 e. The van der Waals surface area contributed by atoms with Gasteiger partial charge in [0.1, 0.15) is 89.2 Å². The highest BCUT2D eigenvalue weighted by atomic mass is 16.6. The minimum Gasteiger partial charge on any atom is -0.487 e. The van der Waals surface area contributed by atoms with Crippen molar-refractivity contribution in [3.8, 4) is 5.75 Å². The molecule has 8 rings (SSSR count). The highest BCUT2D eigenvalue weighted by Gasteiger charge is 2.49. The fourth-order valence-electron chi connectivity index (χ4n) is 13.5. The van der Waals surface area contributed by atoms with E-state index in [4.69, 9.17) is 18.9 Å². The van der Waals surface area contributed by atoms with E-state index in [9.17, 15) is 38.7 Å². The molecule has 28 nitrogen and oxygen atoms in total. The van der Waals surface area contributed by atoms with Gasteiger partial charge in [-0.25, -0.2) is 23.9 Å². The van der Waals surface area contributed by atoms with Crippen LogP contribution < -0.4 is 31.3 Å². The number of benzene rings is 5. The van der Waals surface area contributed by atoms with Crippen LogP contribution in [0.5, 0.6) is 5.75 Å². The van der Waals surface area contributed by atoms with Crippen molar-refractivity contribution in [2.24, 2.45) is 16.7 Å². The van der Waals surface area contributed by atoms with Crippen molar-refractivity contribution in [1.82, 2.24) is 61.2 Å². The first-order valence-electron chi connectivity index (χ1n) is 38.4.